The number of rotatable bonds is 4. The Labute approximate surface area is 130 Å². The van der Waals surface area contributed by atoms with E-state index in [0.717, 1.165) is 50.6 Å². The molecule has 3 nitrogen and oxygen atoms in total. The van der Waals surface area contributed by atoms with E-state index in [4.69, 9.17) is 4.74 Å². The second-order valence-electron chi connectivity index (χ2n) is 7.57. The van der Waals surface area contributed by atoms with E-state index in [1.807, 2.05) is 0 Å². The molecular formula is C18H33NO2. The lowest BCUT2D eigenvalue weighted by molar-refractivity contribution is -0.139. The fourth-order valence-corrected chi connectivity index (χ4v) is 3.88. The zero-order valence-corrected chi connectivity index (χ0v) is 14.3. The number of carbonyl (C=O) groups is 1. The standard InChI is InChI=1S/C18H33NO2/c1-13(2)15-9-11-19(12-10-15)18(20)16-5-7-17(8-6-16)21-14(3)4/h13-17H,5-12H2,1-4H3. The molecule has 1 heterocycles. The van der Waals surface area contributed by atoms with Crippen LogP contribution in [0.1, 0.15) is 66.2 Å². The molecular weight excluding hydrogens is 262 g/mol. The van der Waals surface area contributed by atoms with Crippen molar-refractivity contribution in [3.8, 4) is 0 Å². The first-order chi connectivity index (χ1) is 9.97. The van der Waals surface area contributed by atoms with Gasteiger partial charge in [0.05, 0.1) is 12.2 Å². The van der Waals surface area contributed by atoms with E-state index >= 15 is 0 Å². The third kappa shape index (κ3) is 4.70. The quantitative estimate of drug-likeness (QED) is 0.788. The number of carbonyl (C=O) groups excluding carboxylic acids is 1. The van der Waals surface area contributed by atoms with Gasteiger partial charge in [0.15, 0.2) is 0 Å². The van der Waals surface area contributed by atoms with E-state index in [-0.39, 0.29) is 5.92 Å². The lowest BCUT2D eigenvalue weighted by atomic mass is 9.84. The predicted octanol–water partition coefficient (Wildman–Crippen LogP) is 3.86. The number of piperidine rings is 1. The molecule has 1 aliphatic heterocycles. The molecule has 0 N–H and O–H groups in total. The molecule has 0 bridgehead atoms. The molecule has 0 aromatic carbocycles. The number of likely N-dealkylation sites (tertiary alicyclic amines) is 1. The number of hydrogen-bond acceptors (Lipinski definition) is 2. The van der Waals surface area contributed by atoms with Gasteiger partial charge in [-0.15, -0.1) is 0 Å². The second kappa shape index (κ2) is 7.62. The topological polar surface area (TPSA) is 29.5 Å². The molecule has 2 fully saturated rings. The van der Waals surface area contributed by atoms with Gasteiger partial charge < -0.3 is 9.64 Å². The van der Waals surface area contributed by atoms with E-state index < -0.39 is 0 Å². The summed E-state index contributed by atoms with van der Waals surface area (Å²) in [6.07, 6.45) is 7.19. The maximum atomic E-state index is 12.6. The van der Waals surface area contributed by atoms with E-state index in [2.05, 4.69) is 32.6 Å². The van der Waals surface area contributed by atoms with Gasteiger partial charge in [-0.05, 0) is 64.2 Å². The van der Waals surface area contributed by atoms with Crippen LogP contribution in [-0.4, -0.2) is 36.1 Å². The Morgan fingerprint density at radius 1 is 0.952 bits per heavy atom. The zero-order valence-electron chi connectivity index (χ0n) is 14.3. The zero-order chi connectivity index (χ0) is 15.4. The molecule has 1 saturated heterocycles. The van der Waals surface area contributed by atoms with E-state index in [0.29, 0.717) is 18.1 Å². The normalized spacial score (nSPS) is 28.4. The predicted molar refractivity (Wildman–Crippen MR) is 86.1 cm³/mol. The van der Waals surface area contributed by atoms with Crippen molar-refractivity contribution in [3.05, 3.63) is 0 Å². The summed E-state index contributed by atoms with van der Waals surface area (Å²) >= 11 is 0. The molecule has 0 radical (unpaired) electrons. The fraction of sp³-hybridized carbons (Fsp3) is 0.944. The summed E-state index contributed by atoms with van der Waals surface area (Å²) in [5.74, 6) is 2.24. The largest absolute Gasteiger partial charge is 0.376 e. The molecule has 0 spiro atoms. The first-order valence-electron chi connectivity index (χ1n) is 8.91. The van der Waals surface area contributed by atoms with Crippen LogP contribution < -0.4 is 0 Å². The van der Waals surface area contributed by atoms with Crippen molar-refractivity contribution < 1.29 is 9.53 Å². The van der Waals surface area contributed by atoms with Gasteiger partial charge >= 0.3 is 0 Å². The molecule has 0 unspecified atom stereocenters. The van der Waals surface area contributed by atoms with Gasteiger partial charge in [-0.25, -0.2) is 0 Å². The lowest BCUT2D eigenvalue weighted by Gasteiger charge is -2.37. The SMILES string of the molecule is CC(C)OC1CCC(C(=O)N2CCC(C(C)C)CC2)CC1. The number of amides is 1. The molecule has 21 heavy (non-hydrogen) atoms. The monoisotopic (exact) mass is 295 g/mol. The number of ether oxygens (including phenoxy) is 1. The molecule has 0 aromatic heterocycles. The molecule has 1 aliphatic carbocycles. The van der Waals surface area contributed by atoms with Gasteiger partial charge in [-0.2, -0.15) is 0 Å². The Hall–Kier alpha value is -0.570. The fourth-order valence-electron chi connectivity index (χ4n) is 3.88. The first-order valence-corrected chi connectivity index (χ1v) is 8.91. The second-order valence-corrected chi connectivity index (χ2v) is 7.57. The van der Waals surface area contributed by atoms with E-state index in [1.54, 1.807) is 0 Å². The van der Waals surface area contributed by atoms with Crippen LogP contribution in [0.3, 0.4) is 0 Å². The summed E-state index contributed by atoms with van der Waals surface area (Å²) in [7, 11) is 0. The minimum Gasteiger partial charge on any atom is -0.376 e. The third-order valence-corrected chi connectivity index (χ3v) is 5.28. The van der Waals surface area contributed by atoms with Gasteiger partial charge in [-0.3, -0.25) is 4.79 Å². The minimum absolute atomic E-state index is 0.257. The Morgan fingerprint density at radius 3 is 2.00 bits per heavy atom. The van der Waals surface area contributed by atoms with Gasteiger partial charge in [0.25, 0.3) is 0 Å². The summed E-state index contributed by atoms with van der Waals surface area (Å²) in [4.78, 5) is 14.8. The highest BCUT2D eigenvalue weighted by Crippen LogP contribution is 2.31. The summed E-state index contributed by atoms with van der Waals surface area (Å²) in [6.45, 7) is 10.7. The Kier molecular flexibility index (Phi) is 6.09. The molecule has 2 aliphatic rings. The summed E-state index contributed by atoms with van der Waals surface area (Å²) in [6, 6.07) is 0. The van der Waals surface area contributed by atoms with Crippen LogP contribution in [0.25, 0.3) is 0 Å². The van der Waals surface area contributed by atoms with Crippen LogP contribution in [0.2, 0.25) is 0 Å². The van der Waals surface area contributed by atoms with Gasteiger partial charge in [0.1, 0.15) is 0 Å². The van der Waals surface area contributed by atoms with Gasteiger partial charge in [0, 0.05) is 19.0 Å². The molecule has 0 aromatic rings. The smallest absolute Gasteiger partial charge is 0.225 e. The van der Waals surface area contributed by atoms with E-state index in [9.17, 15) is 4.79 Å². The molecule has 2 rings (SSSR count). The first kappa shape index (κ1) is 16.8. The average molecular weight is 295 g/mol. The van der Waals surface area contributed by atoms with Crippen LogP contribution in [0.5, 0.6) is 0 Å². The van der Waals surface area contributed by atoms with Crippen LogP contribution >= 0.6 is 0 Å². The maximum Gasteiger partial charge on any atom is 0.225 e. The highest BCUT2D eigenvalue weighted by atomic mass is 16.5. The highest BCUT2D eigenvalue weighted by molar-refractivity contribution is 5.79. The summed E-state index contributed by atoms with van der Waals surface area (Å²) in [5, 5.41) is 0. The van der Waals surface area contributed by atoms with Crippen molar-refractivity contribution >= 4 is 5.91 Å². The van der Waals surface area contributed by atoms with E-state index in [1.165, 1.54) is 12.8 Å². The van der Waals surface area contributed by atoms with Crippen molar-refractivity contribution in [2.45, 2.75) is 78.4 Å². The average Bonchev–Trinajstić information content (AvgIpc) is 2.47. The lowest BCUT2D eigenvalue weighted by Crippen LogP contribution is -2.43. The molecule has 3 heteroatoms. The van der Waals surface area contributed by atoms with Crippen molar-refractivity contribution in [1.82, 2.24) is 4.90 Å². The molecule has 0 atom stereocenters. The Bertz CT molecular complexity index is 324. The summed E-state index contributed by atoms with van der Waals surface area (Å²) < 4.78 is 5.88. The van der Waals surface area contributed by atoms with Crippen LogP contribution in [0, 0.1) is 17.8 Å². The van der Waals surface area contributed by atoms with Gasteiger partial charge in [0.2, 0.25) is 5.91 Å². The Balaban J connectivity index is 1.75. The molecule has 1 saturated carbocycles. The molecule has 122 valence electrons. The number of hydrogen-bond donors (Lipinski definition) is 0. The maximum absolute atomic E-state index is 12.6. The van der Waals surface area contributed by atoms with Crippen molar-refractivity contribution in [1.29, 1.82) is 0 Å². The molecule has 1 amide bonds. The third-order valence-electron chi connectivity index (χ3n) is 5.28. The number of nitrogens with zero attached hydrogens (tertiary/aromatic N) is 1. The minimum atomic E-state index is 0.257. The van der Waals surface area contributed by atoms with Crippen LogP contribution in [0.15, 0.2) is 0 Å². The van der Waals surface area contributed by atoms with Crippen molar-refractivity contribution in [2.75, 3.05) is 13.1 Å². The van der Waals surface area contributed by atoms with Crippen LogP contribution in [-0.2, 0) is 9.53 Å². The van der Waals surface area contributed by atoms with Crippen molar-refractivity contribution in [3.63, 3.8) is 0 Å². The summed E-state index contributed by atoms with van der Waals surface area (Å²) in [5.41, 5.74) is 0. The van der Waals surface area contributed by atoms with Crippen LogP contribution in [0.4, 0.5) is 0 Å². The highest BCUT2D eigenvalue weighted by Gasteiger charge is 2.32. The van der Waals surface area contributed by atoms with Gasteiger partial charge in [-0.1, -0.05) is 13.8 Å². The van der Waals surface area contributed by atoms with Crippen molar-refractivity contribution in [2.24, 2.45) is 17.8 Å². The Morgan fingerprint density at radius 2 is 1.52 bits per heavy atom.